The van der Waals surface area contributed by atoms with E-state index in [4.69, 9.17) is 4.42 Å². The van der Waals surface area contributed by atoms with E-state index in [-0.39, 0.29) is 11.8 Å². The highest BCUT2D eigenvalue weighted by Gasteiger charge is 2.22. The topological polar surface area (TPSA) is 83.0 Å². The zero-order valence-corrected chi connectivity index (χ0v) is 16.1. The minimum Gasteiger partial charge on any atom is -0.460 e. The van der Waals surface area contributed by atoms with Crippen LogP contribution in [0.1, 0.15) is 42.6 Å². The van der Waals surface area contributed by atoms with Crippen LogP contribution in [0.2, 0.25) is 0 Å². The third kappa shape index (κ3) is 4.34. The first-order valence-corrected chi connectivity index (χ1v) is 9.88. The van der Waals surface area contributed by atoms with Crippen molar-refractivity contribution in [2.45, 2.75) is 45.7 Å². The Morgan fingerprint density at radius 3 is 2.86 bits per heavy atom. The maximum atomic E-state index is 12.3. The fourth-order valence-electron chi connectivity index (χ4n) is 3.76. The van der Waals surface area contributed by atoms with E-state index < -0.39 is 0 Å². The molecule has 1 saturated carbocycles. The summed E-state index contributed by atoms with van der Waals surface area (Å²) in [6.45, 7) is 3.30. The second kappa shape index (κ2) is 8.44. The lowest BCUT2D eigenvalue weighted by molar-refractivity contribution is -0.119. The van der Waals surface area contributed by atoms with Gasteiger partial charge in [0.05, 0.1) is 6.20 Å². The van der Waals surface area contributed by atoms with E-state index in [1.807, 2.05) is 43.5 Å². The molecule has 0 aliphatic heterocycles. The number of nitrogens with zero attached hydrogens (tertiary/aromatic N) is 1. The van der Waals surface area contributed by atoms with Gasteiger partial charge in [0.15, 0.2) is 5.76 Å². The minimum atomic E-state index is 0.152. The number of carbonyl (C=O) groups excluding carboxylic acids is 1. The molecule has 28 heavy (non-hydrogen) atoms. The van der Waals surface area contributed by atoms with E-state index in [1.54, 1.807) is 0 Å². The summed E-state index contributed by atoms with van der Waals surface area (Å²) in [5, 5.41) is 13.7. The first kappa shape index (κ1) is 18.5. The van der Waals surface area contributed by atoms with Gasteiger partial charge in [-0.3, -0.25) is 9.89 Å². The van der Waals surface area contributed by atoms with Gasteiger partial charge in [0, 0.05) is 30.3 Å². The molecule has 2 heterocycles. The Morgan fingerprint density at radius 2 is 2.07 bits per heavy atom. The summed E-state index contributed by atoms with van der Waals surface area (Å²) in [5.41, 5.74) is 3.95. The Kier molecular flexibility index (Phi) is 5.58. The number of amides is 1. The van der Waals surface area contributed by atoms with Crippen molar-refractivity contribution < 1.29 is 9.21 Å². The van der Waals surface area contributed by atoms with Crippen LogP contribution in [0.4, 0.5) is 5.69 Å². The number of hydrogen-bond acceptors (Lipinski definition) is 4. The summed E-state index contributed by atoms with van der Waals surface area (Å²) in [6, 6.07) is 11.9. The summed E-state index contributed by atoms with van der Waals surface area (Å²) < 4.78 is 5.69. The van der Waals surface area contributed by atoms with Crippen LogP contribution in [0.5, 0.6) is 0 Å². The standard InChI is InChI=1S/C22H26N4O2/c1-15-9-10-20(28-15)21-18(14-24-26-21)13-23-12-16-5-4-8-19(11-16)25-22(27)17-6-2-3-7-17/h4-5,8-11,14,17,23H,2-3,6-7,12-13H2,1H3,(H,24,26)(H,25,27). The van der Waals surface area contributed by atoms with Crippen LogP contribution in [0, 0.1) is 12.8 Å². The van der Waals surface area contributed by atoms with Crippen molar-refractivity contribution in [3.63, 3.8) is 0 Å². The van der Waals surface area contributed by atoms with E-state index in [9.17, 15) is 4.79 Å². The van der Waals surface area contributed by atoms with Gasteiger partial charge in [-0.15, -0.1) is 0 Å². The summed E-state index contributed by atoms with van der Waals surface area (Å²) in [4.78, 5) is 12.3. The van der Waals surface area contributed by atoms with Gasteiger partial charge in [0.2, 0.25) is 5.91 Å². The molecule has 2 aromatic heterocycles. The molecule has 1 aliphatic rings. The number of rotatable bonds is 7. The van der Waals surface area contributed by atoms with Gasteiger partial charge in [-0.2, -0.15) is 5.10 Å². The predicted molar refractivity (Wildman–Crippen MR) is 109 cm³/mol. The molecule has 0 spiro atoms. The number of H-pyrrole nitrogens is 1. The van der Waals surface area contributed by atoms with Crippen molar-refractivity contribution in [2.24, 2.45) is 5.92 Å². The zero-order valence-electron chi connectivity index (χ0n) is 16.1. The lowest BCUT2D eigenvalue weighted by Gasteiger charge is -2.12. The van der Waals surface area contributed by atoms with E-state index >= 15 is 0 Å². The molecule has 0 saturated heterocycles. The summed E-state index contributed by atoms with van der Waals surface area (Å²) >= 11 is 0. The van der Waals surface area contributed by atoms with Crippen LogP contribution in [-0.4, -0.2) is 16.1 Å². The molecule has 1 aromatic carbocycles. The molecule has 3 aromatic rings. The van der Waals surface area contributed by atoms with Crippen LogP contribution in [0.15, 0.2) is 47.0 Å². The molecule has 146 valence electrons. The van der Waals surface area contributed by atoms with Crippen molar-refractivity contribution in [2.75, 3.05) is 5.32 Å². The maximum Gasteiger partial charge on any atom is 0.227 e. The first-order chi connectivity index (χ1) is 13.7. The monoisotopic (exact) mass is 378 g/mol. The van der Waals surface area contributed by atoms with E-state index in [1.165, 1.54) is 0 Å². The van der Waals surface area contributed by atoms with Crippen LogP contribution in [0.3, 0.4) is 0 Å². The molecule has 3 N–H and O–H groups in total. The van der Waals surface area contributed by atoms with Crippen molar-refractivity contribution in [1.29, 1.82) is 0 Å². The van der Waals surface area contributed by atoms with E-state index in [0.29, 0.717) is 13.1 Å². The molecule has 1 fully saturated rings. The van der Waals surface area contributed by atoms with Crippen molar-refractivity contribution in [3.05, 3.63) is 59.5 Å². The third-order valence-corrected chi connectivity index (χ3v) is 5.27. The highest BCUT2D eigenvalue weighted by molar-refractivity contribution is 5.92. The van der Waals surface area contributed by atoms with Crippen LogP contribution < -0.4 is 10.6 Å². The van der Waals surface area contributed by atoms with Gasteiger partial charge in [-0.1, -0.05) is 25.0 Å². The molecule has 0 radical (unpaired) electrons. The molecule has 4 rings (SSSR count). The molecular formula is C22H26N4O2. The van der Waals surface area contributed by atoms with Gasteiger partial charge >= 0.3 is 0 Å². The molecule has 0 unspecified atom stereocenters. The summed E-state index contributed by atoms with van der Waals surface area (Å²) in [7, 11) is 0. The molecule has 0 bridgehead atoms. The number of carbonyl (C=O) groups is 1. The molecule has 1 aliphatic carbocycles. The fraction of sp³-hybridized carbons (Fsp3) is 0.364. The SMILES string of the molecule is Cc1ccc(-c2[nH]ncc2CNCc2cccc(NC(=O)C3CCCC3)c2)o1. The number of aryl methyl sites for hydroxylation is 1. The molecule has 1 amide bonds. The van der Waals surface area contributed by atoms with Crippen molar-refractivity contribution >= 4 is 11.6 Å². The number of aromatic amines is 1. The summed E-state index contributed by atoms with van der Waals surface area (Å²) in [6.07, 6.45) is 6.16. The molecule has 6 heteroatoms. The maximum absolute atomic E-state index is 12.3. The van der Waals surface area contributed by atoms with Gasteiger partial charge < -0.3 is 15.1 Å². The number of anilines is 1. The van der Waals surface area contributed by atoms with Gasteiger partial charge in [0.1, 0.15) is 11.5 Å². The zero-order chi connectivity index (χ0) is 19.3. The highest BCUT2D eigenvalue weighted by atomic mass is 16.3. The Hall–Kier alpha value is -2.86. The average Bonchev–Trinajstić information content (AvgIpc) is 3.43. The third-order valence-electron chi connectivity index (χ3n) is 5.27. The van der Waals surface area contributed by atoms with Crippen LogP contribution in [-0.2, 0) is 17.9 Å². The first-order valence-electron chi connectivity index (χ1n) is 9.88. The Bertz CT molecular complexity index is 937. The Labute approximate surface area is 164 Å². The van der Waals surface area contributed by atoms with Crippen molar-refractivity contribution in [1.82, 2.24) is 15.5 Å². The largest absolute Gasteiger partial charge is 0.460 e. The lowest BCUT2D eigenvalue weighted by Crippen LogP contribution is -2.20. The number of benzene rings is 1. The highest BCUT2D eigenvalue weighted by Crippen LogP contribution is 2.26. The van der Waals surface area contributed by atoms with E-state index in [0.717, 1.165) is 59.7 Å². The lowest BCUT2D eigenvalue weighted by atomic mass is 10.1. The smallest absolute Gasteiger partial charge is 0.227 e. The van der Waals surface area contributed by atoms with E-state index in [2.05, 4.69) is 26.9 Å². The van der Waals surface area contributed by atoms with Crippen molar-refractivity contribution in [3.8, 4) is 11.5 Å². The minimum absolute atomic E-state index is 0.152. The quantitative estimate of drug-likeness (QED) is 0.569. The fourth-order valence-corrected chi connectivity index (χ4v) is 3.76. The number of nitrogens with one attached hydrogen (secondary N) is 3. The normalized spacial score (nSPS) is 14.5. The number of aromatic nitrogens is 2. The summed E-state index contributed by atoms with van der Waals surface area (Å²) in [5.74, 6) is 1.99. The predicted octanol–water partition coefficient (Wildman–Crippen LogP) is 4.40. The van der Waals surface area contributed by atoms with Gasteiger partial charge in [-0.25, -0.2) is 0 Å². The molecule has 6 nitrogen and oxygen atoms in total. The second-order valence-corrected chi connectivity index (χ2v) is 7.46. The van der Waals surface area contributed by atoms with Crippen LogP contribution in [0.25, 0.3) is 11.5 Å². The molecule has 0 atom stereocenters. The number of hydrogen-bond donors (Lipinski definition) is 3. The average molecular weight is 378 g/mol. The molecular weight excluding hydrogens is 352 g/mol. The van der Waals surface area contributed by atoms with Crippen LogP contribution >= 0.6 is 0 Å². The Balaban J connectivity index is 1.33. The second-order valence-electron chi connectivity index (χ2n) is 7.46. The van der Waals surface area contributed by atoms with Gasteiger partial charge in [-0.05, 0) is 49.6 Å². The number of furan rings is 1. The Morgan fingerprint density at radius 1 is 1.21 bits per heavy atom. The van der Waals surface area contributed by atoms with Gasteiger partial charge in [0.25, 0.3) is 0 Å².